The summed E-state index contributed by atoms with van der Waals surface area (Å²) in [6.45, 7) is 3.08. The average Bonchev–Trinajstić information content (AvgIpc) is 3.22. The summed E-state index contributed by atoms with van der Waals surface area (Å²) in [6, 6.07) is 14.2. The Morgan fingerprint density at radius 3 is 2.21 bits per heavy atom. The van der Waals surface area contributed by atoms with Gasteiger partial charge < -0.3 is 14.2 Å². The third kappa shape index (κ3) is 5.92. The lowest BCUT2D eigenvalue weighted by Gasteiger charge is -2.30. The molecule has 2 heterocycles. The molecule has 1 fully saturated rings. The maximum absolute atomic E-state index is 15.1. The molecule has 0 aliphatic carbocycles. The van der Waals surface area contributed by atoms with Crippen molar-refractivity contribution in [3.63, 3.8) is 0 Å². The summed E-state index contributed by atoms with van der Waals surface area (Å²) < 4.78 is 98.8. The Morgan fingerprint density at radius 1 is 0.923 bits per heavy atom. The minimum Gasteiger partial charge on any atom is -0.494 e. The van der Waals surface area contributed by atoms with Gasteiger partial charge in [-0.25, -0.2) is 13.2 Å². The minimum atomic E-state index is -5.10. The molecule has 0 atom stereocenters. The van der Waals surface area contributed by atoms with Crippen molar-refractivity contribution in [1.82, 2.24) is 0 Å². The number of hydrogen-bond acceptors (Lipinski definition) is 4. The zero-order valence-corrected chi connectivity index (χ0v) is 21.6. The van der Waals surface area contributed by atoms with E-state index in [1.807, 2.05) is 37.3 Å². The van der Waals surface area contributed by atoms with Crippen molar-refractivity contribution in [2.24, 2.45) is 0 Å². The SMILES string of the molecule is CCOc1ccc2c(F)c(-c3ccc(C4COC(CCc5cc(F)c(C(F)(F)F)c(F)c5)OC4)cc3)sc2c1. The van der Waals surface area contributed by atoms with E-state index in [1.165, 1.54) is 11.3 Å². The lowest BCUT2D eigenvalue weighted by molar-refractivity contribution is -0.189. The molecule has 5 rings (SSSR count). The fourth-order valence-corrected chi connectivity index (χ4v) is 5.74. The quantitative estimate of drug-likeness (QED) is 0.210. The van der Waals surface area contributed by atoms with Gasteiger partial charge >= 0.3 is 6.18 Å². The van der Waals surface area contributed by atoms with Gasteiger partial charge in [0.15, 0.2) is 6.29 Å². The van der Waals surface area contributed by atoms with Gasteiger partial charge in [0.05, 0.1) is 24.7 Å². The molecule has 0 spiro atoms. The van der Waals surface area contributed by atoms with Crippen LogP contribution in [0.25, 0.3) is 20.5 Å². The normalized spacial score (nSPS) is 18.0. The highest BCUT2D eigenvalue weighted by molar-refractivity contribution is 7.22. The first kappa shape index (κ1) is 27.5. The third-order valence-electron chi connectivity index (χ3n) is 6.58. The van der Waals surface area contributed by atoms with Crippen LogP contribution in [0, 0.1) is 17.5 Å². The Labute approximate surface area is 224 Å². The van der Waals surface area contributed by atoms with E-state index >= 15 is 4.39 Å². The van der Waals surface area contributed by atoms with Crippen LogP contribution >= 0.6 is 11.3 Å². The summed E-state index contributed by atoms with van der Waals surface area (Å²) in [5.74, 6) is -2.93. The van der Waals surface area contributed by atoms with E-state index in [1.54, 1.807) is 12.1 Å². The summed E-state index contributed by atoms with van der Waals surface area (Å²) in [7, 11) is 0. The summed E-state index contributed by atoms with van der Waals surface area (Å²) >= 11 is 1.36. The Balaban J connectivity index is 1.19. The molecule has 1 aliphatic heterocycles. The van der Waals surface area contributed by atoms with Gasteiger partial charge in [-0.15, -0.1) is 11.3 Å². The van der Waals surface area contributed by atoms with Crippen molar-refractivity contribution < 1.29 is 40.6 Å². The smallest absolute Gasteiger partial charge is 0.422 e. The van der Waals surface area contributed by atoms with Gasteiger partial charge in [0, 0.05) is 22.4 Å². The van der Waals surface area contributed by atoms with Crippen LogP contribution < -0.4 is 4.74 Å². The first-order valence-corrected chi connectivity index (χ1v) is 13.2. The molecule has 1 aliphatic rings. The topological polar surface area (TPSA) is 27.7 Å². The zero-order chi connectivity index (χ0) is 27.7. The van der Waals surface area contributed by atoms with Crippen molar-refractivity contribution in [2.75, 3.05) is 19.8 Å². The van der Waals surface area contributed by atoms with Gasteiger partial charge in [0.1, 0.15) is 28.8 Å². The third-order valence-corrected chi connectivity index (χ3v) is 7.75. The number of thiophene rings is 1. The fraction of sp³-hybridized carbons (Fsp3) is 0.310. The van der Waals surface area contributed by atoms with Gasteiger partial charge in [0.25, 0.3) is 0 Å². The molecular weight excluding hydrogens is 542 g/mol. The van der Waals surface area contributed by atoms with Crippen LogP contribution in [0.3, 0.4) is 0 Å². The molecular formula is C29H24F6O3S. The number of ether oxygens (including phenoxy) is 3. The molecule has 206 valence electrons. The van der Waals surface area contributed by atoms with E-state index in [9.17, 15) is 22.0 Å². The second-order valence-corrected chi connectivity index (χ2v) is 10.3. The van der Waals surface area contributed by atoms with Gasteiger partial charge in [-0.2, -0.15) is 13.2 Å². The molecule has 0 radical (unpaired) electrons. The maximum atomic E-state index is 15.1. The van der Waals surface area contributed by atoms with E-state index in [0.717, 1.165) is 15.8 Å². The Bertz CT molecular complexity index is 1430. The molecule has 1 aromatic heterocycles. The number of benzene rings is 3. The first-order chi connectivity index (χ1) is 18.6. The van der Waals surface area contributed by atoms with Gasteiger partial charge in [-0.1, -0.05) is 24.3 Å². The molecule has 0 unspecified atom stereocenters. The molecule has 3 aromatic carbocycles. The second-order valence-electron chi connectivity index (χ2n) is 9.22. The maximum Gasteiger partial charge on any atom is 0.422 e. The molecule has 39 heavy (non-hydrogen) atoms. The van der Waals surface area contributed by atoms with Crippen molar-refractivity contribution in [3.05, 3.63) is 88.7 Å². The van der Waals surface area contributed by atoms with Crippen LogP contribution in [-0.4, -0.2) is 26.1 Å². The van der Waals surface area contributed by atoms with Gasteiger partial charge in [-0.3, -0.25) is 0 Å². The molecule has 10 heteroatoms. The molecule has 0 N–H and O–H groups in total. The van der Waals surface area contributed by atoms with Crippen LogP contribution in [-0.2, 0) is 22.1 Å². The Morgan fingerprint density at radius 2 is 1.59 bits per heavy atom. The van der Waals surface area contributed by atoms with Gasteiger partial charge in [0.2, 0.25) is 0 Å². The largest absolute Gasteiger partial charge is 0.494 e. The minimum absolute atomic E-state index is 0.0720. The highest BCUT2D eigenvalue weighted by atomic mass is 32.1. The monoisotopic (exact) mass is 566 g/mol. The number of fused-ring (bicyclic) bond motifs is 1. The molecule has 0 amide bonds. The van der Waals surface area contributed by atoms with Crippen molar-refractivity contribution in [2.45, 2.75) is 38.1 Å². The second kappa shape index (κ2) is 11.2. The van der Waals surface area contributed by atoms with E-state index in [4.69, 9.17) is 14.2 Å². The van der Waals surface area contributed by atoms with E-state index in [2.05, 4.69) is 0 Å². The van der Waals surface area contributed by atoms with Crippen molar-refractivity contribution in [1.29, 1.82) is 0 Å². The number of rotatable bonds is 7. The van der Waals surface area contributed by atoms with Crippen LogP contribution in [0.4, 0.5) is 26.3 Å². The highest BCUT2D eigenvalue weighted by Gasteiger charge is 2.38. The lowest BCUT2D eigenvalue weighted by Crippen LogP contribution is -2.31. The van der Waals surface area contributed by atoms with Crippen LogP contribution in [0.5, 0.6) is 5.75 Å². The summed E-state index contributed by atoms with van der Waals surface area (Å²) in [4.78, 5) is 0.539. The van der Waals surface area contributed by atoms with Gasteiger partial charge in [-0.05, 0) is 60.4 Å². The number of halogens is 6. The number of aryl methyl sites for hydroxylation is 1. The Hall–Kier alpha value is -3.08. The Kier molecular flexibility index (Phi) is 7.89. The number of alkyl halides is 3. The summed E-state index contributed by atoms with van der Waals surface area (Å²) in [5.41, 5.74) is -0.104. The molecule has 1 saturated heterocycles. The predicted octanol–water partition coefficient (Wildman–Crippen LogP) is 8.49. The van der Waals surface area contributed by atoms with Crippen LogP contribution in [0.1, 0.15) is 36.0 Å². The fourth-order valence-electron chi connectivity index (χ4n) is 4.62. The summed E-state index contributed by atoms with van der Waals surface area (Å²) in [6.07, 6.45) is -5.44. The number of hydrogen-bond donors (Lipinski definition) is 0. The zero-order valence-electron chi connectivity index (χ0n) is 20.8. The lowest BCUT2D eigenvalue weighted by atomic mass is 9.98. The van der Waals surface area contributed by atoms with E-state index in [0.29, 0.717) is 48.0 Å². The van der Waals surface area contributed by atoms with E-state index in [-0.39, 0.29) is 30.1 Å². The molecule has 0 bridgehead atoms. The van der Waals surface area contributed by atoms with Crippen LogP contribution in [0.2, 0.25) is 0 Å². The predicted molar refractivity (Wildman–Crippen MR) is 137 cm³/mol. The van der Waals surface area contributed by atoms with Crippen LogP contribution in [0.15, 0.2) is 54.6 Å². The van der Waals surface area contributed by atoms with Crippen molar-refractivity contribution in [3.8, 4) is 16.2 Å². The average molecular weight is 567 g/mol. The standard InChI is InChI=1S/C29H24F6O3S/c1-2-36-20-8-9-21-24(13-20)39-28(27(21)32)18-6-4-17(5-7-18)19-14-37-25(38-15-19)10-3-16-11-22(30)26(23(31)12-16)29(33,34)35/h4-9,11-13,19,25H,2-3,10,14-15H2,1H3. The molecule has 0 saturated carbocycles. The van der Waals surface area contributed by atoms with Crippen molar-refractivity contribution >= 4 is 21.4 Å². The van der Waals surface area contributed by atoms with E-state index < -0.39 is 29.7 Å². The molecule has 4 aromatic rings. The highest BCUT2D eigenvalue weighted by Crippen LogP contribution is 2.39. The first-order valence-electron chi connectivity index (χ1n) is 12.4. The summed E-state index contributed by atoms with van der Waals surface area (Å²) in [5, 5.41) is 0.546. The molecule has 3 nitrogen and oxygen atoms in total.